The number of imidazole rings is 2. The molecule has 6 heteroatoms. The van der Waals surface area contributed by atoms with Gasteiger partial charge >= 0.3 is 0 Å². The molecule has 0 aliphatic heterocycles. The molecule has 0 aliphatic rings. The molecule has 0 fully saturated rings. The number of aryl methyl sites for hydroxylation is 2. The topological polar surface area (TPSA) is 98.5 Å². The predicted octanol–water partition coefficient (Wildman–Crippen LogP) is 0.533. The third-order valence-electron chi connectivity index (χ3n) is 2.35. The van der Waals surface area contributed by atoms with Crippen LogP contribution < -0.4 is 11.5 Å². The number of rotatable bonds is 6. The molecule has 100 valence electrons. The van der Waals surface area contributed by atoms with Crippen LogP contribution in [0.1, 0.15) is 18.7 Å². The number of nitrogens with two attached hydrogens (primary N) is 2. The second-order valence-electron chi connectivity index (χ2n) is 3.87. The van der Waals surface area contributed by atoms with Gasteiger partial charge in [0.25, 0.3) is 0 Å². The van der Waals surface area contributed by atoms with Crippen LogP contribution in [-0.2, 0) is 13.0 Å². The molecule has 0 spiro atoms. The molecule has 0 saturated heterocycles. The summed E-state index contributed by atoms with van der Waals surface area (Å²) < 4.78 is 2.02. The van der Waals surface area contributed by atoms with Crippen LogP contribution in [0.15, 0.2) is 31.1 Å². The average Bonchev–Trinajstić information content (AvgIpc) is 3.07. The van der Waals surface area contributed by atoms with Gasteiger partial charge in [-0.05, 0) is 25.9 Å². The molecule has 18 heavy (non-hydrogen) atoms. The SMILES string of the molecule is NCCCc1ncc[nH]1.NCCCn1ccnc1. The Morgan fingerprint density at radius 1 is 1.17 bits per heavy atom. The molecule has 6 nitrogen and oxygen atoms in total. The number of H-pyrrole nitrogens is 1. The first kappa shape index (κ1) is 14.4. The molecule has 0 bridgehead atoms. The minimum atomic E-state index is 0.737. The van der Waals surface area contributed by atoms with Crippen LogP contribution in [-0.4, -0.2) is 32.6 Å². The number of aromatic nitrogens is 4. The van der Waals surface area contributed by atoms with Gasteiger partial charge in [-0.15, -0.1) is 0 Å². The molecule has 0 unspecified atom stereocenters. The highest BCUT2D eigenvalue weighted by atomic mass is 15.0. The van der Waals surface area contributed by atoms with Gasteiger partial charge in [-0.3, -0.25) is 0 Å². The third kappa shape index (κ3) is 6.17. The zero-order chi connectivity index (χ0) is 13.1. The second-order valence-corrected chi connectivity index (χ2v) is 3.87. The lowest BCUT2D eigenvalue weighted by molar-refractivity contribution is 0.650. The van der Waals surface area contributed by atoms with E-state index >= 15 is 0 Å². The highest BCUT2D eigenvalue weighted by Gasteiger charge is 1.90. The molecule has 0 atom stereocenters. The maximum Gasteiger partial charge on any atom is 0.106 e. The van der Waals surface area contributed by atoms with Crippen LogP contribution in [0.5, 0.6) is 0 Å². The Hall–Kier alpha value is -1.66. The minimum absolute atomic E-state index is 0.737. The summed E-state index contributed by atoms with van der Waals surface area (Å²) in [6.07, 6.45) is 12.1. The number of aromatic amines is 1. The van der Waals surface area contributed by atoms with Crippen LogP contribution in [0.3, 0.4) is 0 Å². The maximum atomic E-state index is 5.31. The molecule has 0 aromatic carbocycles. The van der Waals surface area contributed by atoms with Gasteiger partial charge in [-0.25, -0.2) is 9.97 Å². The van der Waals surface area contributed by atoms with Gasteiger partial charge in [-0.1, -0.05) is 0 Å². The summed E-state index contributed by atoms with van der Waals surface area (Å²) in [4.78, 5) is 10.9. The highest BCUT2D eigenvalue weighted by molar-refractivity contribution is 4.86. The van der Waals surface area contributed by atoms with Crippen molar-refractivity contribution in [3.8, 4) is 0 Å². The van der Waals surface area contributed by atoms with Gasteiger partial charge in [0.1, 0.15) is 5.82 Å². The number of nitrogens with one attached hydrogen (secondary N) is 1. The predicted molar refractivity (Wildman–Crippen MR) is 71.9 cm³/mol. The van der Waals surface area contributed by atoms with Gasteiger partial charge in [0.05, 0.1) is 6.33 Å². The highest BCUT2D eigenvalue weighted by Crippen LogP contribution is 1.91. The molecular weight excluding hydrogens is 228 g/mol. The molecule has 0 amide bonds. The molecular formula is C12H22N6. The lowest BCUT2D eigenvalue weighted by atomic mass is 10.3. The van der Waals surface area contributed by atoms with Crippen molar-refractivity contribution in [3.63, 3.8) is 0 Å². The van der Waals surface area contributed by atoms with Crippen LogP contribution in [0, 0.1) is 0 Å². The Balaban J connectivity index is 0.000000180. The van der Waals surface area contributed by atoms with E-state index in [-0.39, 0.29) is 0 Å². The van der Waals surface area contributed by atoms with Gasteiger partial charge in [0.15, 0.2) is 0 Å². The van der Waals surface area contributed by atoms with E-state index in [0.717, 1.165) is 44.7 Å². The van der Waals surface area contributed by atoms with Crippen LogP contribution in [0.4, 0.5) is 0 Å². The summed E-state index contributed by atoms with van der Waals surface area (Å²) in [6.45, 7) is 2.47. The molecule has 0 aliphatic carbocycles. The van der Waals surface area contributed by atoms with Crippen molar-refractivity contribution >= 4 is 0 Å². The van der Waals surface area contributed by atoms with Crippen LogP contribution in [0.25, 0.3) is 0 Å². The van der Waals surface area contributed by atoms with E-state index in [9.17, 15) is 0 Å². The van der Waals surface area contributed by atoms with Crippen molar-refractivity contribution in [3.05, 3.63) is 36.9 Å². The van der Waals surface area contributed by atoms with Crippen molar-refractivity contribution in [2.24, 2.45) is 11.5 Å². The Morgan fingerprint density at radius 2 is 2.00 bits per heavy atom. The molecule has 5 N–H and O–H groups in total. The van der Waals surface area contributed by atoms with E-state index < -0.39 is 0 Å². The van der Waals surface area contributed by atoms with Crippen molar-refractivity contribution in [1.29, 1.82) is 0 Å². The normalized spacial score (nSPS) is 9.89. The van der Waals surface area contributed by atoms with E-state index in [1.165, 1.54) is 0 Å². The summed E-state index contributed by atoms with van der Waals surface area (Å²) in [5.74, 6) is 1.03. The summed E-state index contributed by atoms with van der Waals surface area (Å²) in [5, 5.41) is 0. The van der Waals surface area contributed by atoms with Crippen molar-refractivity contribution in [2.75, 3.05) is 13.1 Å². The van der Waals surface area contributed by atoms with Crippen molar-refractivity contribution in [1.82, 2.24) is 19.5 Å². The van der Waals surface area contributed by atoms with Crippen molar-refractivity contribution in [2.45, 2.75) is 25.8 Å². The summed E-state index contributed by atoms with van der Waals surface area (Å²) in [6, 6.07) is 0. The fraction of sp³-hybridized carbons (Fsp3) is 0.500. The van der Waals surface area contributed by atoms with E-state index in [1.54, 1.807) is 18.7 Å². The zero-order valence-electron chi connectivity index (χ0n) is 10.6. The molecule has 2 rings (SSSR count). The molecule has 2 aromatic rings. The number of nitrogens with zero attached hydrogens (tertiary/aromatic N) is 3. The van der Waals surface area contributed by atoms with E-state index in [0.29, 0.717) is 0 Å². The Labute approximate surface area is 107 Å². The third-order valence-corrected chi connectivity index (χ3v) is 2.35. The fourth-order valence-electron chi connectivity index (χ4n) is 1.40. The largest absolute Gasteiger partial charge is 0.349 e. The zero-order valence-corrected chi connectivity index (χ0v) is 10.6. The average molecular weight is 250 g/mol. The number of hydrogen-bond donors (Lipinski definition) is 3. The molecule has 2 aromatic heterocycles. The molecule has 0 saturated carbocycles. The Bertz CT molecular complexity index is 329. The van der Waals surface area contributed by atoms with Gasteiger partial charge in [0, 0.05) is 37.8 Å². The lowest BCUT2D eigenvalue weighted by Gasteiger charge is -1.96. The first-order valence-corrected chi connectivity index (χ1v) is 6.21. The van der Waals surface area contributed by atoms with E-state index in [4.69, 9.17) is 11.5 Å². The molecule has 2 heterocycles. The first-order valence-electron chi connectivity index (χ1n) is 6.21. The number of hydrogen-bond acceptors (Lipinski definition) is 4. The van der Waals surface area contributed by atoms with Crippen LogP contribution >= 0.6 is 0 Å². The summed E-state index contributed by atoms with van der Waals surface area (Å²) >= 11 is 0. The molecule has 0 radical (unpaired) electrons. The first-order chi connectivity index (χ1) is 8.86. The van der Waals surface area contributed by atoms with Gasteiger partial charge in [0.2, 0.25) is 0 Å². The summed E-state index contributed by atoms with van der Waals surface area (Å²) in [5.41, 5.74) is 10.6. The monoisotopic (exact) mass is 250 g/mol. The smallest absolute Gasteiger partial charge is 0.106 e. The van der Waals surface area contributed by atoms with E-state index in [2.05, 4.69) is 15.0 Å². The van der Waals surface area contributed by atoms with Crippen LogP contribution in [0.2, 0.25) is 0 Å². The quantitative estimate of drug-likeness (QED) is 0.696. The standard InChI is InChI=1S/2C6H11N3/c7-2-1-4-9-5-3-8-6-9;7-3-1-2-6-8-4-5-9-6/h3,5-6H,1-2,4,7H2;4-5H,1-3,7H2,(H,8,9). The Morgan fingerprint density at radius 3 is 2.56 bits per heavy atom. The minimum Gasteiger partial charge on any atom is -0.349 e. The summed E-state index contributed by atoms with van der Waals surface area (Å²) in [7, 11) is 0. The second kappa shape index (κ2) is 9.38. The fourth-order valence-corrected chi connectivity index (χ4v) is 1.40. The maximum absolute atomic E-state index is 5.31. The van der Waals surface area contributed by atoms with Gasteiger partial charge in [-0.2, -0.15) is 0 Å². The van der Waals surface area contributed by atoms with Gasteiger partial charge < -0.3 is 21.0 Å². The van der Waals surface area contributed by atoms with E-state index in [1.807, 2.05) is 17.0 Å². The Kier molecular flexibility index (Phi) is 7.50. The van der Waals surface area contributed by atoms with Crippen molar-refractivity contribution < 1.29 is 0 Å². The lowest BCUT2D eigenvalue weighted by Crippen LogP contribution is -2.03.